The van der Waals surface area contributed by atoms with Gasteiger partial charge in [-0.1, -0.05) is 29.3 Å². The highest BCUT2D eigenvalue weighted by molar-refractivity contribution is 6.40. The van der Waals surface area contributed by atoms with Gasteiger partial charge in [-0.3, -0.25) is 9.20 Å². The summed E-state index contributed by atoms with van der Waals surface area (Å²) in [5.41, 5.74) is -3.70. The molecule has 2 N–H and O–H groups in total. The highest BCUT2D eigenvalue weighted by Crippen LogP contribution is 2.38. The molecular weight excluding hydrogens is 454 g/mol. The lowest BCUT2D eigenvalue weighted by molar-refractivity contribution is -0.143. The molecule has 29 heavy (non-hydrogen) atoms. The second kappa shape index (κ2) is 8.02. The summed E-state index contributed by atoms with van der Waals surface area (Å²) in [6.45, 7) is 2.45. The average molecular weight is 469 g/mol. The van der Waals surface area contributed by atoms with Gasteiger partial charge in [-0.2, -0.15) is 13.2 Å². The van der Waals surface area contributed by atoms with Crippen molar-refractivity contribution in [2.24, 2.45) is 0 Å². The standard InChI is InChI=1S/C18H14Cl2F3N3O2.ClH/c1-17(2,28)14-13(18(21,22)23)25-15-11(7-4-8-26(14)15)24-16(27)12-9(19)5-3-6-10(12)20;/h3-8,28H,1-2H3,(H,24,27);1H. The molecule has 0 fully saturated rings. The molecule has 5 nitrogen and oxygen atoms in total. The molecule has 2 aromatic heterocycles. The zero-order chi connectivity index (χ0) is 20.9. The van der Waals surface area contributed by atoms with E-state index >= 15 is 0 Å². The molecule has 156 valence electrons. The first-order chi connectivity index (χ1) is 12.9. The Morgan fingerprint density at radius 3 is 2.24 bits per heavy atom. The van der Waals surface area contributed by atoms with Gasteiger partial charge in [0.2, 0.25) is 0 Å². The SMILES string of the molecule is CC(C)(O)c1c(C(F)(F)F)nc2c(NC(=O)c3c(Cl)cccc3Cl)cccn12.Cl. The van der Waals surface area contributed by atoms with Crippen LogP contribution < -0.4 is 5.32 Å². The molecule has 0 saturated carbocycles. The summed E-state index contributed by atoms with van der Waals surface area (Å²) < 4.78 is 41.5. The van der Waals surface area contributed by atoms with Gasteiger partial charge in [-0.05, 0) is 38.1 Å². The van der Waals surface area contributed by atoms with Crippen LogP contribution in [-0.4, -0.2) is 20.4 Å². The van der Waals surface area contributed by atoms with E-state index in [-0.39, 0.29) is 39.4 Å². The van der Waals surface area contributed by atoms with E-state index in [1.165, 1.54) is 44.3 Å². The number of anilines is 1. The normalized spacial score (nSPS) is 12.0. The predicted molar refractivity (Wildman–Crippen MR) is 107 cm³/mol. The van der Waals surface area contributed by atoms with Gasteiger partial charge in [0.1, 0.15) is 5.60 Å². The zero-order valence-corrected chi connectivity index (χ0v) is 17.3. The number of aliphatic hydroxyl groups is 1. The number of pyridine rings is 1. The summed E-state index contributed by atoms with van der Waals surface area (Å²) in [6.07, 6.45) is -3.47. The smallest absolute Gasteiger partial charge is 0.384 e. The maximum Gasteiger partial charge on any atom is 0.435 e. The van der Waals surface area contributed by atoms with Crippen LogP contribution in [0.4, 0.5) is 18.9 Å². The first-order valence-electron chi connectivity index (χ1n) is 7.97. The van der Waals surface area contributed by atoms with E-state index in [0.29, 0.717) is 0 Å². The lowest BCUT2D eigenvalue weighted by atomic mass is 10.0. The number of rotatable bonds is 3. The molecule has 0 aliphatic heterocycles. The van der Waals surface area contributed by atoms with Crippen molar-refractivity contribution in [3.63, 3.8) is 0 Å². The Morgan fingerprint density at radius 1 is 1.14 bits per heavy atom. The first-order valence-corrected chi connectivity index (χ1v) is 8.73. The highest BCUT2D eigenvalue weighted by Gasteiger charge is 2.42. The lowest BCUT2D eigenvalue weighted by Gasteiger charge is -2.20. The number of aromatic nitrogens is 2. The minimum atomic E-state index is -4.80. The van der Waals surface area contributed by atoms with Crippen molar-refractivity contribution < 1.29 is 23.1 Å². The van der Waals surface area contributed by atoms with E-state index < -0.39 is 29.1 Å². The molecule has 3 aromatic rings. The molecule has 3 rings (SSSR count). The van der Waals surface area contributed by atoms with Crippen LogP contribution in [0.1, 0.15) is 35.6 Å². The molecule has 0 spiro atoms. The molecule has 0 aliphatic carbocycles. The Balaban J connectivity index is 0.00000300. The number of imidazole rings is 1. The van der Waals surface area contributed by atoms with Crippen molar-refractivity contribution in [2.75, 3.05) is 5.32 Å². The number of carbonyl (C=O) groups excluding carboxylic acids is 1. The van der Waals surface area contributed by atoms with Crippen molar-refractivity contribution >= 4 is 52.9 Å². The molecule has 0 radical (unpaired) electrons. The Morgan fingerprint density at radius 2 is 1.72 bits per heavy atom. The summed E-state index contributed by atoms with van der Waals surface area (Å²) >= 11 is 12.0. The van der Waals surface area contributed by atoms with Gasteiger partial charge in [-0.25, -0.2) is 4.98 Å². The number of benzene rings is 1. The van der Waals surface area contributed by atoms with Crippen molar-refractivity contribution in [1.29, 1.82) is 0 Å². The minimum Gasteiger partial charge on any atom is -0.384 e. The number of hydrogen-bond acceptors (Lipinski definition) is 3. The van der Waals surface area contributed by atoms with E-state index in [1.807, 2.05) is 0 Å². The van der Waals surface area contributed by atoms with Gasteiger partial charge >= 0.3 is 6.18 Å². The number of carbonyl (C=O) groups is 1. The second-order valence-electron chi connectivity index (χ2n) is 6.53. The summed E-state index contributed by atoms with van der Waals surface area (Å²) in [7, 11) is 0. The molecular formula is C18H15Cl3F3N3O2. The summed E-state index contributed by atoms with van der Waals surface area (Å²) in [4.78, 5) is 16.2. The number of halogens is 6. The summed E-state index contributed by atoms with van der Waals surface area (Å²) in [5, 5.41) is 12.9. The van der Waals surface area contributed by atoms with Crippen molar-refractivity contribution in [3.05, 3.63) is 63.5 Å². The summed E-state index contributed by atoms with van der Waals surface area (Å²) in [5.74, 6) is -0.704. The van der Waals surface area contributed by atoms with Gasteiger partial charge in [0.15, 0.2) is 11.3 Å². The van der Waals surface area contributed by atoms with Crippen LogP contribution in [0, 0.1) is 0 Å². The third-order valence-electron chi connectivity index (χ3n) is 3.94. The molecule has 0 atom stereocenters. The largest absolute Gasteiger partial charge is 0.435 e. The highest BCUT2D eigenvalue weighted by atomic mass is 35.5. The number of nitrogens with zero attached hydrogens (tertiary/aromatic N) is 2. The Hall–Kier alpha value is -2.00. The van der Waals surface area contributed by atoms with Crippen LogP contribution in [0.5, 0.6) is 0 Å². The fourth-order valence-corrected chi connectivity index (χ4v) is 3.42. The first kappa shape index (κ1) is 23.3. The van der Waals surface area contributed by atoms with Gasteiger partial charge in [0.05, 0.1) is 27.0 Å². The molecule has 1 aromatic carbocycles. The third kappa shape index (κ3) is 4.45. The van der Waals surface area contributed by atoms with Crippen molar-refractivity contribution in [1.82, 2.24) is 9.38 Å². The monoisotopic (exact) mass is 467 g/mol. The molecule has 0 aliphatic rings. The van der Waals surface area contributed by atoms with Gasteiger partial charge < -0.3 is 10.4 Å². The van der Waals surface area contributed by atoms with Crippen molar-refractivity contribution in [3.8, 4) is 0 Å². The average Bonchev–Trinajstić information content (AvgIpc) is 2.95. The minimum absolute atomic E-state index is 0. The van der Waals surface area contributed by atoms with Crippen molar-refractivity contribution in [2.45, 2.75) is 25.6 Å². The lowest BCUT2D eigenvalue weighted by Crippen LogP contribution is -2.23. The fraction of sp³-hybridized carbons (Fsp3) is 0.222. The Bertz CT molecular complexity index is 1060. The molecule has 0 bridgehead atoms. The quantitative estimate of drug-likeness (QED) is 0.529. The van der Waals surface area contributed by atoms with E-state index in [0.717, 1.165) is 4.40 Å². The van der Waals surface area contributed by atoms with Crippen LogP contribution in [0.25, 0.3) is 5.65 Å². The number of amides is 1. The van der Waals surface area contributed by atoms with Gasteiger partial charge in [-0.15, -0.1) is 12.4 Å². The molecule has 0 unspecified atom stereocenters. The maximum atomic E-state index is 13.5. The van der Waals surface area contributed by atoms with Crippen LogP contribution in [0.2, 0.25) is 10.0 Å². The number of fused-ring (bicyclic) bond motifs is 1. The topological polar surface area (TPSA) is 66.6 Å². The third-order valence-corrected chi connectivity index (χ3v) is 4.57. The molecule has 11 heteroatoms. The molecule has 0 saturated heterocycles. The fourth-order valence-electron chi connectivity index (χ4n) is 2.85. The van der Waals surface area contributed by atoms with Crippen LogP contribution >= 0.6 is 35.6 Å². The maximum absolute atomic E-state index is 13.5. The van der Waals surface area contributed by atoms with Gasteiger partial charge in [0.25, 0.3) is 5.91 Å². The van der Waals surface area contributed by atoms with Crippen LogP contribution in [0.15, 0.2) is 36.5 Å². The zero-order valence-electron chi connectivity index (χ0n) is 15.0. The van der Waals surface area contributed by atoms with E-state index in [9.17, 15) is 23.1 Å². The van der Waals surface area contributed by atoms with Crippen LogP contribution in [-0.2, 0) is 11.8 Å². The number of hydrogen-bond donors (Lipinski definition) is 2. The predicted octanol–water partition coefficient (Wildman–Crippen LogP) is 5.56. The summed E-state index contributed by atoms with van der Waals surface area (Å²) in [6, 6.07) is 7.30. The molecule has 1 amide bonds. The molecule has 2 heterocycles. The Kier molecular flexibility index (Phi) is 6.44. The Labute approximate surface area is 179 Å². The van der Waals surface area contributed by atoms with E-state index in [2.05, 4.69) is 10.3 Å². The van der Waals surface area contributed by atoms with Gasteiger partial charge in [0, 0.05) is 6.20 Å². The van der Waals surface area contributed by atoms with E-state index in [1.54, 1.807) is 6.07 Å². The van der Waals surface area contributed by atoms with E-state index in [4.69, 9.17) is 23.2 Å². The number of nitrogens with one attached hydrogen (secondary N) is 1. The number of alkyl halides is 3. The van der Waals surface area contributed by atoms with Crippen LogP contribution in [0.3, 0.4) is 0 Å². The second-order valence-corrected chi connectivity index (χ2v) is 7.35.